The number of nitrogens with zero attached hydrogens (tertiary/aromatic N) is 1. The maximum atomic E-state index is 12.4. The molecular weight excluding hydrogens is 305 g/mol. The lowest BCUT2D eigenvalue weighted by molar-refractivity contribution is -0.149. The molecule has 0 aliphatic rings. The van der Waals surface area contributed by atoms with Crippen molar-refractivity contribution in [3.63, 3.8) is 0 Å². The van der Waals surface area contributed by atoms with Gasteiger partial charge in [0, 0.05) is 18.4 Å². The van der Waals surface area contributed by atoms with Gasteiger partial charge in [-0.2, -0.15) is 13.2 Å². The lowest BCUT2D eigenvalue weighted by Crippen LogP contribution is -2.44. The van der Waals surface area contributed by atoms with Crippen LogP contribution in [0.3, 0.4) is 0 Å². The van der Waals surface area contributed by atoms with Crippen molar-refractivity contribution in [3.8, 4) is 0 Å². The molecule has 0 bridgehead atoms. The largest absolute Gasteiger partial charge is 0.477 e. The molecule has 0 spiro atoms. The van der Waals surface area contributed by atoms with Crippen molar-refractivity contribution in [2.75, 3.05) is 0 Å². The molecule has 6 nitrogen and oxygen atoms in total. The Hall–Kier alpha value is -2.32. The van der Waals surface area contributed by atoms with E-state index in [1.54, 1.807) is 19.2 Å². The van der Waals surface area contributed by atoms with E-state index in [-0.39, 0.29) is 6.04 Å². The van der Waals surface area contributed by atoms with Crippen LogP contribution in [-0.4, -0.2) is 33.8 Å². The van der Waals surface area contributed by atoms with Gasteiger partial charge in [0.05, 0.1) is 0 Å². The number of amides is 1. The first-order valence-electron chi connectivity index (χ1n) is 6.31. The Labute approximate surface area is 123 Å². The van der Waals surface area contributed by atoms with Crippen molar-refractivity contribution >= 4 is 11.9 Å². The number of rotatable bonds is 4. The number of nitrogens with one attached hydrogen (secondary N) is 1. The van der Waals surface area contributed by atoms with Crippen LogP contribution in [0.25, 0.3) is 0 Å². The van der Waals surface area contributed by atoms with Gasteiger partial charge >= 0.3 is 12.1 Å². The quantitative estimate of drug-likeness (QED) is 0.885. The highest BCUT2D eigenvalue weighted by Crippen LogP contribution is 2.19. The van der Waals surface area contributed by atoms with Crippen molar-refractivity contribution in [3.05, 3.63) is 33.7 Å². The van der Waals surface area contributed by atoms with E-state index in [0.717, 1.165) is 19.3 Å². The summed E-state index contributed by atoms with van der Waals surface area (Å²) in [5.41, 5.74) is -2.46. The van der Waals surface area contributed by atoms with Crippen molar-refractivity contribution < 1.29 is 27.9 Å². The van der Waals surface area contributed by atoms with E-state index >= 15 is 0 Å². The van der Waals surface area contributed by atoms with E-state index < -0.39 is 40.7 Å². The van der Waals surface area contributed by atoms with Gasteiger partial charge < -0.3 is 15.0 Å². The van der Waals surface area contributed by atoms with Crippen molar-refractivity contribution in [1.82, 2.24) is 9.88 Å². The number of hydrogen-bond acceptors (Lipinski definition) is 3. The molecular formula is C13H15F3N2O4. The highest BCUT2D eigenvalue weighted by molar-refractivity contribution is 5.97. The van der Waals surface area contributed by atoms with Crippen LogP contribution >= 0.6 is 0 Å². The Morgan fingerprint density at radius 3 is 2.09 bits per heavy atom. The summed E-state index contributed by atoms with van der Waals surface area (Å²) in [7, 11) is 0. The zero-order valence-electron chi connectivity index (χ0n) is 12.1. The van der Waals surface area contributed by atoms with Crippen LogP contribution in [-0.2, 0) is 0 Å². The first-order valence-corrected chi connectivity index (χ1v) is 6.31. The SMILES string of the molecule is CC(C)n1cc(C(=O)O)c(=O)c(C(=O)N[C@H](C)C(F)(F)F)c1. The van der Waals surface area contributed by atoms with Crippen LogP contribution in [0, 0.1) is 0 Å². The van der Waals surface area contributed by atoms with Crippen LogP contribution in [0.15, 0.2) is 17.2 Å². The Kier molecular flexibility index (Phi) is 5.00. The third kappa shape index (κ3) is 3.86. The molecule has 0 aromatic carbocycles. The number of aromatic carboxylic acids is 1. The second-order valence-electron chi connectivity index (χ2n) is 5.00. The fourth-order valence-electron chi connectivity index (χ4n) is 1.57. The molecule has 0 saturated heterocycles. The normalized spacial score (nSPS) is 13.0. The summed E-state index contributed by atoms with van der Waals surface area (Å²) in [6.07, 6.45) is -2.59. The first-order chi connectivity index (χ1) is 9.95. The molecule has 1 amide bonds. The van der Waals surface area contributed by atoms with Crippen LogP contribution in [0.1, 0.15) is 47.5 Å². The number of pyridine rings is 1. The minimum atomic E-state index is -4.67. The number of halogens is 3. The Morgan fingerprint density at radius 1 is 1.18 bits per heavy atom. The van der Waals surface area contributed by atoms with Gasteiger partial charge in [-0.15, -0.1) is 0 Å². The third-order valence-corrected chi connectivity index (χ3v) is 2.96. The van der Waals surface area contributed by atoms with E-state index in [1.807, 2.05) is 0 Å². The minimum Gasteiger partial charge on any atom is -0.477 e. The van der Waals surface area contributed by atoms with Gasteiger partial charge in [0.1, 0.15) is 17.2 Å². The molecule has 1 heterocycles. The van der Waals surface area contributed by atoms with E-state index in [2.05, 4.69) is 0 Å². The highest BCUT2D eigenvalue weighted by atomic mass is 19.4. The van der Waals surface area contributed by atoms with Crippen LogP contribution < -0.4 is 10.7 Å². The number of carbonyl (C=O) groups excluding carboxylic acids is 1. The molecule has 1 aromatic rings. The molecule has 2 N–H and O–H groups in total. The summed E-state index contributed by atoms with van der Waals surface area (Å²) in [6, 6.07) is -2.45. The second kappa shape index (κ2) is 6.20. The van der Waals surface area contributed by atoms with Gasteiger partial charge in [0.15, 0.2) is 0 Å². The number of hydrogen-bond donors (Lipinski definition) is 2. The summed E-state index contributed by atoms with van der Waals surface area (Å²) >= 11 is 0. The van der Waals surface area contributed by atoms with Gasteiger partial charge in [-0.05, 0) is 20.8 Å². The standard InChI is InChI=1S/C13H15F3N2O4/c1-6(2)18-4-8(10(19)9(5-18)12(21)22)11(20)17-7(3)13(14,15)16/h4-7H,1-3H3,(H,17,20)(H,21,22)/t7-/m1/s1. The average molecular weight is 320 g/mol. The summed E-state index contributed by atoms with van der Waals surface area (Å²) in [6.45, 7) is 4.05. The van der Waals surface area contributed by atoms with E-state index in [1.165, 1.54) is 4.57 Å². The first kappa shape index (κ1) is 17.7. The number of carboxylic acids is 1. The molecule has 0 aliphatic heterocycles. The molecule has 0 unspecified atom stereocenters. The van der Waals surface area contributed by atoms with Gasteiger partial charge in [-0.25, -0.2) is 4.79 Å². The lowest BCUT2D eigenvalue weighted by atomic mass is 10.1. The minimum absolute atomic E-state index is 0.287. The molecule has 1 rings (SSSR count). The molecule has 0 fully saturated rings. The van der Waals surface area contributed by atoms with E-state index in [0.29, 0.717) is 0 Å². The highest BCUT2D eigenvalue weighted by Gasteiger charge is 2.37. The fraction of sp³-hybridized carbons (Fsp3) is 0.462. The smallest absolute Gasteiger partial charge is 0.408 e. The van der Waals surface area contributed by atoms with Crippen LogP contribution in [0.5, 0.6) is 0 Å². The van der Waals surface area contributed by atoms with Crippen LogP contribution in [0.2, 0.25) is 0 Å². The number of carboxylic acid groups (broad SMARTS) is 1. The van der Waals surface area contributed by atoms with Gasteiger partial charge in [-0.1, -0.05) is 0 Å². The van der Waals surface area contributed by atoms with Gasteiger partial charge in [-0.3, -0.25) is 9.59 Å². The monoisotopic (exact) mass is 320 g/mol. The Morgan fingerprint density at radius 2 is 1.68 bits per heavy atom. The molecule has 1 atom stereocenters. The maximum absolute atomic E-state index is 12.4. The third-order valence-electron chi connectivity index (χ3n) is 2.96. The van der Waals surface area contributed by atoms with E-state index in [4.69, 9.17) is 5.11 Å². The molecule has 22 heavy (non-hydrogen) atoms. The van der Waals surface area contributed by atoms with Crippen LogP contribution in [0.4, 0.5) is 13.2 Å². The number of carbonyl (C=O) groups is 2. The predicted molar refractivity (Wildman–Crippen MR) is 71.0 cm³/mol. The second-order valence-corrected chi connectivity index (χ2v) is 5.00. The Bertz CT molecular complexity index is 650. The van der Waals surface area contributed by atoms with Gasteiger partial charge in [0.2, 0.25) is 5.43 Å². The zero-order chi connectivity index (χ0) is 17.2. The molecule has 1 aromatic heterocycles. The number of alkyl halides is 3. The van der Waals surface area contributed by atoms with E-state index in [9.17, 15) is 27.6 Å². The van der Waals surface area contributed by atoms with Crippen molar-refractivity contribution in [2.24, 2.45) is 0 Å². The molecule has 0 aliphatic carbocycles. The average Bonchev–Trinajstić information content (AvgIpc) is 2.36. The molecule has 122 valence electrons. The van der Waals surface area contributed by atoms with Crippen molar-refractivity contribution in [1.29, 1.82) is 0 Å². The summed E-state index contributed by atoms with van der Waals surface area (Å²) in [5, 5.41) is 10.6. The molecule has 0 radical (unpaired) electrons. The molecule has 0 saturated carbocycles. The Balaban J connectivity index is 3.31. The summed E-state index contributed by atoms with van der Waals surface area (Å²) < 4.78 is 38.6. The maximum Gasteiger partial charge on any atom is 0.408 e. The topological polar surface area (TPSA) is 88.4 Å². The zero-order valence-corrected chi connectivity index (χ0v) is 12.1. The molecule has 9 heteroatoms. The summed E-state index contributed by atoms with van der Waals surface area (Å²) in [4.78, 5) is 34.8. The predicted octanol–water partition coefficient (Wildman–Crippen LogP) is 1.81. The lowest BCUT2D eigenvalue weighted by Gasteiger charge is -2.18. The summed E-state index contributed by atoms with van der Waals surface area (Å²) in [5.74, 6) is -2.83. The van der Waals surface area contributed by atoms with Crippen molar-refractivity contribution in [2.45, 2.75) is 39.0 Å². The fourth-order valence-corrected chi connectivity index (χ4v) is 1.57. The van der Waals surface area contributed by atoms with Gasteiger partial charge in [0.25, 0.3) is 5.91 Å². The number of aromatic nitrogens is 1.